The van der Waals surface area contributed by atoms with E-state index in [2.05, 4.69) is 21.4 Å². The molecule has 1 N–H and O–H groups in total. The minimum absolute atomic E-state index is 0.0817. The minimum Gasteiger partial charge on any atom is -0.343 e. The van der Waals surface area contributed by atoms with E-state index in [9.17, 15) is 22.8 Å². The number of nitrogens with zero attached hydrogens (tertiary/aromatic N) is 4. The third-order valence-corrected chi connectivity index (χ3v) is 11.8. The van der Waals surface area contributed by atoms with Gasteiger partial charge in [0.25, 0.3) is 11.8 Å². The largest absolute Gasteiger partial charge is 0.343 e. The Balaban J connectivity index is 1.45. The molecule has 2 aromatic carbocycles. The number of carbonyl (C=O) groups excluding carboxylic acids is 3. The zero-order valence-electron chi connectivity index (χ0n) is 28.5. The molecule has 3 aromatic rings. The predicted octanol–water partition coefficient (Wildman–Crippen LogP) is 5.40. The molecule has 1 saturated heterocycles. The highest BCUT2D eigenvalue weighted by Gasteiger charge is 2.34. The first kappa shape index (κ1) is 33.9. The van der Waals surface area contributed by atoms with Gasteiger partial charge in [0.15, 0.2) is 0 Å². The Hall–Kier alpha value is -3.96. The smallest absolute Gasteiger partial charge is 0.303 e. The fourth-order valence-corrected chi connectivity index (χ4v) is 8.31. The maximum atomic E-state index is 14.4. The molecular weight excluding hydrogens is 627 g/mol. The Kier molecular flexibility index (Phi) is 9.81. The number of fused-ring (bicyclic) bond motifs is 5. The van der Waals surface area contributed by atoms with Crippen molar-refractivity contribution in [2.24, 2.45) is 5.92 Å². The number of hydrogen-bond donors (Lipinski definition) is 1. The highest BCUT2D eigenvalue weighted by Crippen LogP contribution is 2.46. The van der Waals surface area contributed by atoms with Crippen molar-refractivity contribution in [3.8, 4) is 11.3 Å². The highest BCUT2D eigenvalue weighted by molar-refractivity contribution is 7.87. The van der Waals surface area contributed by atoms with Gasteiger partial charge < -0.3 is 14.4 Å². The van der Waals surface area contributed by atoms with Crippen LogP contribution in [0.3, 0.4) is 0 Å². The molecular formula is C37H47N5O5S. The molecule has 1 saturated carbocycles. The molecule has 1 atom stereocenters. The van der Waals surface area contributed by atoms with Gasteiger partial charge in [0.05, 0.1) is 18.2 Å². The number of benzene rings is 2. The standard InChI is InChI=1S/C37H47N5O5S/c1-5-40(6-2)36(44)28-16-12-20-41(23-28)37(45)29-21-26-15-10-11-17-30(26)34-33(25-13-8-7-9-14-25)31-19-18-27(22-32(31)42(34)24-29)35(43)38-48(46,47)39(3)4/h10-11,15,17-19,21-22,25,28H,5-9,12-14,16,20,23-24H2,1-4H3,(H,38,43). The summed E-state index contributed by atoms with van der Waals surface area (Å²) in [6, 6.07) is 13.6. The van der Waals surface area contributed by atoms with Gasteiger partial charge in [-0.05, 0) is 74.8 Å². The summed E-state index contributed by atoms with van der Waals surface area (Å²) in [6.07, 6.45) is 9.16. The van der Waals surface area contributed by atoms with Crippen LogP contribution in [0.5, 0.6) is 0 Å². The average molecular weight is 674 g/mol. The van der Waals surface area contributed by atoms with E-state index in [-0.39, 0.29) is 29.8 Å². The molecule has 6 rings (SSSR count). The maximum absolute atomic E-state index is 14.4. The molecule has 3 heterocycles. The Morgan fingerprint density at radius 3 is 2.38 bits per heavy atom. The van der Waals surface area contributed by atoms with Crippen LogP contribution in [0.2, 0.25) is 0 Å². The molecule has 3 amide bonds. The van der Waals surface area contributed by atoms with E-state index >= 15 is 0 Å². The number of likely N-dealkylation sites (tertiary alicyclic amines) is 1. The van der Waals surface area contributed by atoms with Gasteiger partial charge in [-0.25, -0.2) is 4.72 Å². The molecule has 3 aliphatic rings. The molecule has 1 unspecified atom stereocenters. The second-order valence-electron chi connectivity index (χ2n) is 13.5. The van der Waals surface area contributed by atoms with Crippen LogP contribution in [-0.2, 0) is 26.3 Å². The van der Waals surface area contributed by atoms with Crippen molar-refractivity contribution in [1.29, 1.82) is 0 Å². The summed E-state index contributed by atoms with van der Waals surface area (Å²) in [6.45, 7) is 6.54. The van der Waals surface area contributed by atoms with Gasteiger partial charge in [0, 0.05) is 67.9 Å². The van der Waals surface area contributed by atoms with Crippen molar-refractivity contribution < 1.29 is 22.8 Å². The lowest BCUT2D eigenvalue weighted by atomic mass is 9.81. The lowest BCUT2D eigenvalue weighted by Crippen LogP contribution is -2.47. The van der Waals surface area contributed by atoms with Crippen molar-refractivity contribution in [3.05, 3.63) is 64.7 Å². The molecule has 2 fully saturated rings. The topological polar surface area (TPSA) is 112 Å². The molecule has 1 aromatic heterocycles. The maximum Gasteiger partial charge on any atom is 0.303 e. The molecule has 10 nitrogen and oxygen atoms in total. The van der Waals surface area contributed by atoms with Crippen molar-refractivity contribution in [3.63, 3.8) is 0 Å². The Morgan fingerprint density at radius 2 is 1.67 bits per heavy atom. The summed E-state index contributed by atoms with van der Waals surface area (Å²) < 4.78 is 30.3. The zero-order chi connectivity index (χ0) is 34.2. The number of piperidine rings is 1. The lowest BCUT2D eigenvalue weighted by molar-refractivity contribution is -0.139. The zero-order valence-corrected chi connectivity index (χ0v) is 29.3. The highest BCUT2D eigenvalue weighted by atomic mass is 32.2. The fourth-order valence-electron chi connectivity index (χ4n) is 7.78. The fraction of sp³-hybridized carbons (Fsp3) is 0.486. The van der Waals surface area contributed by atoms with Gasteiger partial charge in [-0.2, -0.15) is 12.7 Å². The van der Waals surface area contributed by atoms with E-state index in [0.29, 0.717) is 37.7 Å². The summed E-state index contributed by atoms with van der Waals surface area (Å²) in [5, 5.41) is 1.02. The van der Waals surface area contributed by atoms with Crippen LogP contribution in [-0.4, -0.2) is 85.1 Å². The third kappa shape index (κ3) is 6.42. The van der Waals surface area contributed by atoms with Crippen LogP contribution in [0, 0.1) is 5.92 Å². The summed E-state index contributed by atoms with van der Waals surface area (Å²) >= 11 is 0. The first-order valence-corrected chi connectivity index (χ1v) is 18.8. The summed E-state index contributed by atoms with van der Waals surface area (Å²) in [4.78, 5) is 44.7. The molecule has 0 radical (unpaired) electrons. The van der Waals surface area contributed by atoms with Crippen LogP contribution in [0.15, 0.2) is 48.0 Å². The van der Waals surface area contributed by atoms with Gasteiger partial charge in [0.1, 0.15) is 0 Å². The predicted molar refractivity (Wildman–Crippen MR) is 188 cm³/mol. The minimum atomic E-state index is -3.99. The second kappa shape index (κ2) is 13.9. The van der Waals surface area contributed by atoms with E-state index in [4.69, 9.17) is 0 Å². The molecule has 11 heteroatoms. The van der Waals surface area contributed by atoms with Gasteiger partial charge in [-0.15, -0.1) is 0 Å². The lowest BCUT2D eigenvalue weighted by Gasteiger charge is -2.35. The third-order valence-electron chi connectivity index (χ3n) is 10.4. The molecule has 256 valence electrons. The van der Waals surface area contributed by atoms with Gasteiger partial charge >= 0.3 is 10.2 Å². The van der Waals surface area contributed by atoms with Crippen LogP contribution in [0.25, 0.3) is 28.2 Å². The number of aromatic nitrogens is 1. The molecule has 2 aliphatic heterocycles. The van der Waals surface area contributed by atoms with E-state index in [1.54, 1.807) is 12.1 Å². The molecule has 0 spiro atoms. The first-order valence-electron chi connectivity index (χ1n) is 17.3. The van der Waals surface area contributed by atoms with Crippen molar-refractivity contribution in [2.75, 3.05) is 40.3 Å². The number of amides is 3. The monoisotopic (exact) mass is 673 g/mol. The second-order valence-corrected chi connectivity index (χ2v) is 15.4. The normalized spacial score (nSPS) is 18.6. The van der Waals surface area contributed by atoms with E-state index in [0.717, 1.165) is 70.6 Å². The Bertz CT molecular complexity index is 1870. The summed E-state index contributed by atoms with van der Waals surface area (Å²) in [5.74, 6) is -0.581. The quantitative estimate of drug-likeness (QED) is 0.345. The van der Waals surface area contributed by atoms with E-state index in [1.165, 1.54) is 26.1 Å². The van der Waals surface area contributed by atoms with Gasteiger partial charge in [-0.1, -0.05) is 49.6 Å². The van der Waals surface area contributed by atoms with Crippen LogP contribution in [0.4, 0.5) is 0 Å². The van der Waals surface area contributed by atoms with E-state index < -0.39 is 16.1 Å². The van der Waals surface area contributed by atoms with Crippen LogP contribution in [0.1, 0.15) is 86.2 Å². The van der Waals surface area contributed by atoms with E-state index in [1.807, 2.05) is 47.9 Å². The Morgan fingerprint density at radius 1 is 0.938 bits per heavy atom. The van der Waals surface area contributed by atoms with Crippen molar-refractivity contribution in [1.82, 2.24) is 23.4 Å². The van der Waals surface area contributed by atoms with Crippen molar-refractivity contribution >= 4 is 44.9 Å². The summed E-state index contributed by atoms with van der Waals surface area (Å²) in [7, 11) is -1.25. The van der Waals surface area contributed by atoms with Crippen LogP contribution < -0.4 is 4.72 Å². The number of rotatable bonds is 8. The number of hydrogen-bond acceptors (Lipinski definition) is 5. The first-order chi connectivity index (χ1) is 23.0. The molecule has 48 heavy (non-hydrogen) atoms. The van der Waals surface area contributed by atoms with Crippen molar-refractivity contribution in [2.45, 2.75) is 71.3 Å². The molecule has 0 bridgehead atoms. The molecule has 1 aliphatic carbocycles. The van der Waals surface area contributed by atoms with Gasteiger partial charge in [0.2, 0.25) is 5.91 Å². The number of nitrogens with one attached hydrogen (secondary N) is 1. The van der Waals surface area contributed by atoms with Crippen LogP contribution >= 0.6 is 0 Å². The Labute approximate surface area is 283 Å². The van der Waals surface area contributed by atoms with Gasteiger partial charge in [-0.3, -0.25) is 14.4 Å². The average Bonchev–Trinajstić information content (AvgIpc) is 3.30. The number of carbonyl (C=O) groups is 3. The SMILES string of the molecule is CCN(CC)C(=O)C1CCCN(C(=O)C2=Cc3ccccc3-c3c(C4CCCCC4)c4ccc(C(=O)NS(=O)(=O)N(C)C)cc4n3C2)C1. The summed E-state index contributed by atoms with van der Waals surface area (Å²) in [5.41, 5.74) is 5.92.